The predicted octanol–water partition coefficient (Wildman–Crippen LogP) is 3.93. The molecule has 0 saturated heterocycles. The van der Waals surface area contributed by atoms with Gasteiger partial charge < -0.3 is 5.32 Å². The number of carbonyl (C=O) groups excluding carboxylic acids is 1. The lowest BCUT2D eigenvalue weighted by atomic mass is 10.2. The van der Waals surface area contributed by atoms with Crippen LogP contribution < -0.4 is 5.32 Å². The highest BCUT2D eigenvalue weighted by atomic mass is 35.5. The number of non-ortho nitro benzene ring substituents is 1. The van der Waals surface area contributed by atoms with E-state index < -0.39 is 20.9 Å². The molecule has 154 valence electrons. The third-order valence-electron chi connectivity index (χ3n) is 4.05. The summed E-state index contributed by atoms with van der Waals surface area (Å²) in [6.45, 7) is 4.04. The van der Waals surface area contributed by atoms with Crippen LogP contribution in [0.2, 0.25) is 5.02 Å². The maximum Gasteiger partial charge on any atom is 0.269 e. The number of amides is 1. The molecule has 0 heterocycles. The maximum atomic E-state index is 12.7. The van der Waals surface area contributed by atoms with E-state index in [1.54, 1.807) is 13.8 Å². The third-order valence-corrected chi connectivity index (χ3v) is 6.58. The molecular formula is C19H20ClN3O5S. The van der Waals surface area contributed by atoms with Crippen molar-refractivity contribution in [2.45, 2.75) is 18.7 Å². The van der Waals surface area contributed by atoms with E-state index in [9.17, 15) is 23.3 Å². The lowest BCUT2D eigenvalue weighted by Gasteiger charge is -2.19. The number of nitro benzene ring substituents is 1. The van der Waals surface area contributed by atoms with Crippen LogP contribution in [0, 0.1) is 10.1 Å². The second kappa shape index (κ2) is 9.64. The minimum Gasteiger partial charge on any atom is -0.322 e. The van der Waals surface area contributed by atoms with Gasteiger partial charge in [0.05, 0.1) is 9.95 Å². The van der Waals surface area contributed by atoms with Crippen LogP contribution in [0.3, 0.4) is 0 Å². The van der Waals surface area contributed by atoms with E-state index in [-0.39, 0.29) is 21.3 Å². The molecule has 10 heteroatoms. The van der Waals surface area contributed by atoms with E-state index in [4.69, 9.17) is 11.6 Å². The van der Waals surface area contributed by atoms with Crippen molar-refractivity contribution in [3.05, 3.63) is 69.2 Å². The van der Waals surface area contributed by atoms with Crippen molar-refractivity contribution in [2.24, 2.45) is 0 Å². The summed E-state index contributed by atoms with van der Waals surface area (Å²) in [5.74, 6) is -0.489. The first-order chi connectivity index (χ1) is 13.7. The second-order valence-corrected chi connectivity index (χ2v) is 8.22. The molecule has 0 aliphatic carbocycles. The number of sulfonamides is 1. The quantitative estimate of drug-likeness (QED) is 0.382. The van der Waals surface area contributed by atoms with Gasteiger partial charge in [-0.3, -0.25) is 14.9 Å². The number of nitro groups is 1. The number of hydrogen-bond acceptors (Lipinski definition) is 5. The molecule has 0 aliphatic heterocycles. The molecule has 1 amide bonds. The highest BCUT2D eigenvalue weighted by molar-refractivity contribution is 7.89. The van der Waals surface area contributed by atoms with Gasteiger partial charge in [-0.15, -0.1) is 0 Å². The molecule has 8 nitrogen and oxygen atoms in total. The Hall–Kier alpha value is -2.75. The van der Waals surface area contributed by atoms with Crippen LogP contribution in [0.1, 0.15) is 19.4 Å². The molecule has 0 aliphatic rings. The largest absolute Gasteiger partial charge is 0.322 e. The maximum absolute atomic E-state index is 12.7. The summed E-state index contributed by atoms with van der Waals surface area (Å²) in [7, 11) is -3.78. The Balaban J connectivity index is 2.17. The van der Waals surface area contributed by atoms with Gasteiger partial charge in [-0.25, -0.2) is 8.42 Å². The molecule has 29 heavy (non-hydrogen) atoms. The molecule has 0 spiro atoms. The molecule has 1 N–H and O–H groups in total. The molecule has 0 aromatic heterocycles. The minimum atomic E-state index is -3.78. The topological polar surface area (TPSA) is 110 Å². The van der Waals surface area contributed by atoms with E-state index in [2.05, 4.69) is 5.32 Å². The van der Waals surface area contributed by atoms with Crippen molar-refractivity contribution >= 4 is 45.0 Å². The van der Waals surface area contributed by atoms with Gasteiger partial charge in [0.15, 0.2) is 0 Å². The lowest BCUT2D eigenvalue weighted by molar-refractivity contribution is -0.384. The molecule has 2 aromatic rings. The lowest BCUT2D eigenvalue weighted by Crippen LogP contribution is -2.30. The van der Waals surface area contributed by atoms with Crippen molar-refractivity contribution in [2.75, 3.05) is 18.4 Å². The third kappa shape index (κ3) is 5.63. The average molecular weight is 438 g/mol. The fourth-order valence-corrected chi connectivity index (χ4v) is 4.50. The van der Waals surface area contributed by atoms with E-state index in [1.807, 2.05) is 0 Å². The first-order valence-electron chi connectivity index (χ1n) is 8.72. The number of nitrogens with zero attached hydrogens (tertiary/aromatic N) is 2. The van der Waals surface area contributed by atoms with Crippen molar-refractivity contribution in [3.8, 4) is 0 Å². The van der Waals surface area contributed by atoms with Crippen molar-refractivity contribution in [1.29, 1.82) is 0 Å². The molecular weight excluding hydrogens is 418 g/mol. The Morgan fingerprint density at radius 1 is 1.17 bits per heavy atom. The van der Waals surface area contributed by atoms with Crippen molar-refractivity contribution < 1.29 is 18.1 Å². The van der Waals surface area contributed by atoms with Gasteiger partial charge in [0.2, 0.25) is 15.9 Å². The number of nitrogens with one attached hydrogen (secondary N) is 1. The van der Waals surface area contributed by atoms with Crippen LogP contribution in [0.25, 0.3) is 6.08 Å². The number of anilines is 1. The van der Waals surface area contributed by atoms with Gasteiger partial charge in [-0.2, -0.15) is 4.31 Å². The minimum absolute atomic E-state index is 0.0466. The zero-order valence-corrected chi connectivity index (χ0v) is 17.4. The SMILES string of the molecule is CCN(CC)S(=O)(=O)c1cc(NC(=O)/C=C/c2ccc([N+](=O)[O-])cc2)ccc1Cl. The molecule has 0 unspecified atom stereocenters. The summed E-state index contributed by atoms with van der Waals surface area (Å²) in [6.07, 6.45) is 2.73. The Bertz CT molecular complexity index is 1030. The van der Waals surface area contributed by atoms with Crippen LogP contribution in [-0.4, -0.2) is 36.6 Å². The Morgan fingerprint density at radius 2 is 1.79 bits per heavy atom. The second-order valence-electron chi connectivity index (χ2n) is 5.91. The molecule has 2 aromatic carbocycles. The van der Waals surface area contributed by atoms with E-state index in [1.165, 1.54) is 58.9 Å². The van der Waals surface area contributed by atoms with E-state index >= 15 is 0 Å². The van der Waals surface area contributed by atoms with Crippen LogP contribution in [0.15, 0.2) is 53.4 Å². The first kappa shape index (κ1) is 22.5. The van der Waals surface area contributed by atoms with E-state index in [0.717, 1.165) is 0 Å². The number of hydrogen-bond donors (Lipinski definition) is 1. The first-order valence-corrected chi connectivity index (χ1v) is 10.5. The summed E-state index contributed by atoms with van der Waals surface area (Å²) in [4.78, 5) is 22.2. The van der Waals surface area contributed by atoms with Crippen LogP contribution >= 0.6 is 11.6 Å². The number of carbonyl (C=O) groups is 1. The van der Waals surface area contributed by atoms with Gasteiger partial charge in [0, 0.05) is 37.0 Å². The normalized spacial score (nSPS) is 11.7. The highest BCUT2D eigenvalue weighted by Gasteiger charge is 2.24. The zero-order valence-electron chi connectivity index (χ0n) is 15.8. The molecule has 0 bridgehead atoms. The van der Waals surface area contributed by atoms with Gasteiger partial charge in [0.25, 0.3) is 5.69 Å². The Kier molecular flexibility index (Phi) is 7.49. The average Bonchev–Trinajstić information content (AvgIpc) is 2.68. The summed E-state index contributed by atoms with van der Waals surface area (Å²) in [6, 6.07) is 9.92. The molecule has 0 atom stereocenters. The van der Waals surface area contributed by atoms with Gasteiger partial charge in [0.1, 0.15) is 4.90 Å². The summed E-state index contributed by atoms with van der Waals surface area (Å²) in [5, 5.41) is 13.3. The highest BCUT2D eigenvalue weighted by Crippen LogP contribution is 2.27. The van der Waals surface area contributed by atoms with Crippen LogP contribution in [0.4, 0.5) is 11.4 Å². The van der Waals surface area contributed by atoms with Gasteiger partial charge >= 0.3 is 0 Å². The van der Waals surface area contributed by atoms with Gasteiger partial charge in [-0.05, 0) is 42.0 Å². The molecule has 0 fully saturated rings. The van der Waals surface area contributed by atoms with Gasteiger partial charge in [-0.1, -0.05) is 25.4 Å². The predicted molar refractivity (Wildman–Crippen MR) is 112 cm³/mol. The van der Waals surface area contributed by atoms with Crippen LogP contribution in [-0.2, 0) is 14.8 Å². The zero-order chi connectivity index (χ0) is 21.6. The molecule has 0 saturated carbocycles. The Labute approximate surface area is 174 Å². The summed E-state index contributed by atoms with van der Waals surface area (Å²) < 4.78 is 26.7. The van der Waals surface area contributed by atoms with Crippen molar-refractivity contribution in [1.82, 2.24) is 4.31 Å². The molecule has 2 rings (SSSR count). The standard InChI is InChI=1S/C19H20ClN3O5S/c1-3-22(4-2)29(27,28)18-13-15(8-11-17(18)20)21-19(24)12-7-14-5-9-16(10-6-14)23(25)26/h5-13H,3-4H2,1-2H3,(H,21,24)/b12-7+. The number of benzene rings is 2. The summed E-state index contributed by atoms with van der Waals surface area (Å²) in [5.41, 5.74) is 0.833. The number of halogens is 1. The Morgan fingerprint density at radius 3 is 2.34 bits per heavy atom. The van der Waals surface area contributed by atoms with Crippen LogP contribution in [0.5, 0.6) is 0 Å². The van der Waals surface area contributed by atoms with E-state index in [0.29, 0.717) is 18.7 Å². The van der Waals surface area contributed by atoms with Crippen molar-refractivity contribution in [3.63, 3.8) is 0 Å². The fourth-order valence-electron chi connectivity index (χ4n) is 2.54. The smallest absolute Gasteiger partial charge is 0.269 e. The number of rotatable bonds is 8. The fraction of sp³-hybridized carbons (Fsp3) is 0.211. The molecule has 0 radical (unpaired) electrons. The monoisotopic (exact) mass is 437 g/mol. The summed E-state index contributed by atoms with van der Waals surface area (Å²) >= 11 is 6.07.